The molecule has 2 N–H and O–H groups in total. The predicted octanol–water partition coefficient (Wildman–Crippen LogP) is 4.79. The first kappa shape index (κ1) is 19.2. The molecule has 0 heterocycles. The molecular formula is C20H34O2. The van der Waals surface area contributed by atoms with E-state index in [2.05, 4.69) is 20.4 Å². The van der Waals surface area contributed by atoms with Crippen molar-refractivity contribution in [3.05, 3.63) is 36.0 Å². The molecule has 0 aliphatic heterocycles. The van der Waals surface area contributed by atoms with Crippen molar-refractivity contribution in [2.75, 3.05) is 6.61 Å². The maximum atomic E-state index is 10.6. The summed E-state index contributed by atoms with van der Waals surface area (Å²) in [4.78, 5) is 0. The van der Waals surface area contributed by atoms with Gasteiger partial charge in [-0.2, -0.15) is 0 Å². The minimum atomic E-state index is -0.771. The van der Waals surface area contributed by atoms with E-state index < -0.39 is 5.60 Å². The van der Waals surface area contributed by atoms with E-state index in [1.165, 1.54) is 18.4 Å². The highest BCUT2D eigenvalue weighted by Gasteiger charge is 2.35. The van der Waals surface area contributed by atoms with E-state index in [1.807, 2.05) is 26.0 Å². The number of hydrogen-bond donors (Lipinski definition) is 2. The Morgan fingerprint density at radius 1 is 1.45 bits per heavy atom. The van der Waals surface area contributed by atoms with Gasteiger partial charge in [0.25, 0.3) is 0 Å². The molecule has 2 nitrogen and oxygen atoms in total. The monoisotopic (exact) mass is 306 g/mol. The summed E-state index contributed by atoms with van der Waals surface area (Å²) >= 11 is 0. The molecule has 1 rings (SSSR count). The van der Waals surface area contributed by atoms with Crippen LogP contribution in [0.25, 0.3) is 0 Å². The fourth-order valence-electron chi connectivity index (χ4n) is 3.52. The van der Waals surface area contributed by atoms with Crippen LogP contribution < -0.4 is 0 Å². The van der Waals surface area contributed by atoms with Gasteiger partial charge in [0.1, 0.15) is 0 Å². The standard InChI is InChI=1S/C20H34O2/c1-16(11-15-21)8-6-13-20(5,22)14-10-18-17(2)9-7-12-19(18,3)4/h6,11,13,18,21-22H,2,7-10,12,14-15H2,1,3-5H3/b13-6+,16-11+/t18-,20-/m1/s1. The number of aliphatic hydroxyl groups is 2. The highest BCUT2D eigenvalue weighted by Crippen LogP contribution is 2.45. The second-order valence-corrected chi connectivity index (χ2v) is 7.79. The fourth-order valence-corrected chi connectivity index (χ4v) is 3.52. The molecule has 0 saturated heterocycles. The molecule has 1 aliphatic carbocycles. The molecule has 0 radical (unpaired) electrons. The average molecular weight is 306 g/mol. The third-order valence-corrected chi connectivity index (χ3v) is 5.05. The molecule has 0 bridgehead atoms. The van der Waals surface area contributed by atoms with Gasteiger partial charge in [-0.25, -0.2) is 0 Å². The second kappa shape index (κ2) is 8.12. The Bertz CT molecular complexity index is 427. The maximum Gasteiger partial charge on any atom is 0.0800 e. The van der Waals surface area contributed by atoms with Crippen LogP contribution in [-0.4, -0.2) is 22.4 Å². The summed E-state index contributed by atoms with van der Waals surface area (Å²) in [7, 11) is 0. The Kier molecular flexibility index (Phi) is 7.08. The predicted molar refractivity (Wildman–Crippen MR) is 94.7 cm³/mol. The normalized spacial score (nSPS) is 25.5. The van der Waals surface area contributed by atoms with Crippen LogP contribution in [0, 0.1) is 11.3 Å². The summed E-state index contributed by atoms with van der Waals surface area (Å²) < 4.78 is 0. The first-order valence-electron chi connectivity index (χ1n) is 8.52. The summed E-state index contributed by atoms with van der Waals surface area (Å²) in [6.45, 7) is 12.9. The molecule has 22 heavy (non-hydrogen) atoms. The van der Waals surface area contributed by atoms with Crippen molar-refractivity contribution in [3.8, 4) is 0 Å². The van der Waals surface area contributed by atoms with Crippen molar-refractivity contribution in [3.63, 3.8) is 0 Å². The van der Waals surface area contributed by atoms with Crippen molar-refractivity contribution in [2.45, 2.75) is 71.8 Å². The molecule has 1 aliphatic rings. The van der Waals surface area contributed by atoms with Crippen molar-refractivity contribution in [2.24, 2.45) is 11.3 Å². The Labute approximate surface area is 136 Å². The molecule has 0 aromatic heterocycles. The summed E-state index contributed by atoms with van der Waals surface area (Å²) in [6, 6.07) is 0. The first-order valence-corrected chi connectivity index (χ1v) is 8.52. The zero-order valence-electron chi connectivity index (χ0n) is 14.9. The molecule has 0 amide bonds. The molecular weight excluding hydrogens is 272 g/mol. The van der Waals surface area contributed by atoms with Crippen LogP contribution in [0.3, 0.4) is 0 Å². The molecule has 1 fully saturated rings. The summed E-state index contributed by atoms with van der Waals surface area (Å²) in [5, 5.41) is 19.4. The minimum absolute atomic E-state index is 0.0783. The van der Waals surface area contributed by atoms with Crippen molar-refractivity contribution in [1.29, 1.82) is 0 Å². The van der Waals surface area contributed by atoms with Crippen LogP contribution in [0.1, 0.15) is 66.2 Å². The molecule has 0 unspecified atom stereocenters. The Morgan fingerprint density at radius 2 is 2.14 bits per heavy atom. The van der Waals surface area contributed by atoms with Crippen LogP contribution in [0.15, 0.2) is 36.0 Å². The van der Waals surface area contributed by atoms with Gasteiger partial charge < -0.3 is 10.2 Å². The van der Waals surface area contributed by atoms with Crippen LogP contribution in [-0.2, 0) is 0 Å². The van der Waals surface area contributed by atoms with Gasteiger partial charge in [0, 0.05) is 0 Å². The van der Waals surface area contributed by atoms with Crippen LogP contribution in [0.2, 0.25) is 0 Å². The quantitative estimate of drug-likeness (QED) is 0.664. The fraction of sp³-hybridized carbons (Fsp3) is 0.700. The first-order chi connectivity index (χ1) is 10.2. The smallest absolute Gasteiger partial charge is 0.0800 e. The van der Waals surface area contributed by atoms with E-state index in [0.717, 1.165) is 31.3 Å². The van der Waals surface area contributed by atoms with Gasteiger partial charge >= 0.3 is 0 Å². The highest BCUT2D eigenvalue weighted by molar-refractivity contribution is 5.11. The van der Waals surface area contributed by atoms with E-state index >= 15 is 0 Å². The lowest BCUT2D eigenvalue weighted by Gasteiger charge is -2.41. The number of allylic oxidation sites excluding steroid dienone is 3. The van der Waals surface area contributed by atoms with Crippen molar-refractivity contribution in [1.82, 2.24) is 0 Å². The lowest BCUT2D eigenvalue weighted by molar-refractivity contribution is 0.0791. The maximum absolute atomic E-state index is 10.6. The van der Waals surface area contributed by atoms with Crippen molar-refractivity contribution >= 4 is 0 Å². The van der Waals surface area contributed by atoms with Gasteiger partial charge in [-0.3, -0.25) is 0 Å². The van der Waals surface area contributed by atoms with Crippen LogP contribution in [0.4, 0.5) is 0 Å². The van der Waals surface area contributed by atoms with E-state index in [1.54, 1.807) is 6.08 Å². The summed E-state index contributed by atoms with van der Waals surface area (Å²) in [5.41, 5.74) is 2.01. The van der Waals surface area contributed by atoms with E-state index in [-0.39, 0.29) is 6.61 Å². The third-order valence-electron chi connectivity index (χ3n) is 5.05. The summed E-state index contributed by atoms with van der Waals surface area (Å²) in [6.07, 6.45) is 11.9. The minimum Gasteiger partial charge on any atom is -0.392 e. The number of rotatable bonds is 7. The molecule has 0 aromatic carbocycles. The lowest BCUT2D eigenvalue weighted by Crippen LogP contribution is -2.32. The molecule has 1 saturated carbocycles. The van der Waals surface area contributed by atoms with Crippen molar-refractivity contribution < 1.29 is 10.2 Å². The van der Waals surface area contributed by atoms with E-state index in [4.69, 9.17) is 5.11 Å². The summed E-state index contributed by atoms with van der Waals surface area (Å²) in [5.74, 6) is 0.511. The van der Waals surface area contributed by atoms with Gasteiger partial charge in [-0.15, -0.1) is 0 Å². The average Bonchev–Trinajstić information content (AvgIpc) is 2.37. The van der Waals surface area contributed by atoms with Crippen LogP contribution >= 0.6 is 0 Å². The van der Waals surface area contributed by atoms with Gasteiger partial charge in [0.05, 0.1) is 12.2 Å². The zero-order chi connectivity index (χ0) is 16.8. The van der Waals surface area contributed by atoms with E-state index in [9.17, 15) is 5.11 Å². The van der Waals surface area contributed by atoms with Gasteiger partial charge in [0.2, 0.25) is 0 Å². The van der Waals surface area contributed by atoms with E-state index in [0.29, 0.717) is 11.3 Å². The third kappa shape index (κ3) is 6.10. The molecule has 2 atom stereocenters. The molecule has 0 spiro atoms. The second-order valence-electron chi connectivity index (χ2n) is 7.79. The van der Waals surface area contributed by atoms with Gasteiger partial charge in [0.15, 0.2) is 0 Å². The molecule has 2 heteroatoms. The Balaban J connectivity index is 2.55. The molecule has 0 aromatic rings. The Morgan fingerprint density at radius 3 is 2.73 bits per heavy atom. The van der Waals surface area contributed by atoms with Gasteiger partial charge in [-0.05, 0) is 63.7 Å². The Hall–Kier alpha value is -0.860. The SMILES string of the molecule is C=C1CCCC(C)(C)[C@@H]1CC[C@](C)(O)/C=C/C/C(C)=C/CO. The number of aliphatic hydroxyl groups excluding tert-OH is 1. The topological polar surface area (TPSA) is 40.5 Å². The highest BCUT2D eigenvalue weighted by atomic mass is 16.3. The van der Waals surface area contributed by atoms with Crippen LogP contribution in [0.5, 0.6) is 0 Å². The molecule has 126 valence electrons. The largest absolute Gasteiger partial charge is 0.392 e. The lowest BCUT2D eigenvalue weighted by atomic mass is 9.64. The zero-order valence-corrected chi connectivity index (χ0v) is 14.9. The van der Waals surface area contributed by atoms with Gasteiger partial charge in [-0.1, -0.05) is 49.8 Å². The number of hydrogen-bond acceptors (Lipinski definition) is 2.